The third-order valence-electron chi connectivity index (χ3n) is 3.34. The number of alkyl halides is 3. The first kappa shape index (κ1) is 15.8. The van der Waals surface area contributed by atoms with E-state index in [-0.39, 0.29) is 25.0 Å². The number of ether oxygens (including phenoxy) is 1. The fraction of sp³-hybridized carbons (Fsp3) is 1.00. The molecule has 1 saturated carbocycles. The van der Waals surface area contributed by atoms with Crippen LogP contribution in [0.3, 0.4) is 0 Å². The number of halogens is 3. The molecule has 0 saturated heterocycles. The molecule has 108 valence electrons. The smallest absolute Gasteiger partial charge is 0.379 e. The van der Waals surface area contributed by atoms with Crippen LogP contribution in [0.5, 0.6) is 0 Å². The molecule has 1 fully saturated rings. The Hall–Kier alpha value is -0.290. The van der Waals surface area contributed by atoms with Gasteiger partial charge in [-0.2, -0.15) is 13.2 Å². The van der Waals surface area contributed by atoms with Crippen molar-refractivity contribution in [1.82, 2.24) is 5.32 Å². The highest BCUT2D eigenvalue weighted by Gasteiger charge is 2.41. The Morgan fingerprint density at radius 2 is 2.00 bits per heavy atom. The van der Waals surface area contributed by atoms with Gasteiger partial charge >= 0.3 is 6.18 Å². The molecule has 0 spiro atoms. The summed E-state index contributed by atoms with van der Waals surface area (Å²) in [7, 11) is 0. The fourth-order valence-electron chi connectivity index (χ4n) is 2.37. The molecule has 2 atom stereocenters. The molecule has 0 bridgehead atoms. The molecule has 0 aliphatic heterocycles. The van der Waals surface area contributed by atoms with Gasteiger partial charge in [0.2, 0.25) is 0 Å². The first-order valence-corrected chi connectivity index (χ1v) is 6.81. The molecule has 0 heterocycles. The van der Waals surface area contributed by atoms with Gasteiger partial charge in [0.25, 0.3) is 0 Å². The third kappa shape index (κ3) is 6.05. The van der Waals surface area contributed by atoms with Gasteiger partial charge < -0.3 is 10.1 Å². The van der Waals surface area contributed by atoms with Gasteiger partial charge in [0.15, 0.2) is 0 Å². The quantitative estimate of drug-likeness (QED) is 0.744. The summed E-state index contributed by atoms with van der Waals surface area (Å²) in [5.41, 5.74) is 0. The second-order valence-corrected chi connectivity index (χ2v) is 5.33. The zero-order valence-electron chi connectivity index (χ0n) is 11.2. The average molecular weight is 267 g/mol. The van der Waals surface area contributed by atoms with Crippen LogP contribution in [0.4, 0.5) is 13.2 Å². The molecule has 0 aromatic rings. The minimum Gasteiger partial charge on any atom is -0.379 e. The highest BCUT2D eigenvalue weighted by atomic mass is 19.4. The predicted octanol–water partition coefficient (Wildman–Crippen LogP) is 3.51. The van der Waals surface area contributed by atoms with Gasteiger partial charge in [-0.1, -0.05) is 6.42 Å². The third-order valence-corrected chi connectivity index (χ3v) is 3.34. The molecular formula is C13H24F3NO. The lowest BCUT2D eigenvalue weighted by Crippen LogP contribution is -2.39. The van der Waals surface area contributed by atoms with Gasteiger partial charge in [-0.15, -0.1) is 0 Å². The second kappa shape index (κ2) is 7.34. The highest BCUT2D eigenvalue weighted by molar-refractivity contribution is 4.81. The normalized spacial score (nSPS) is 25.7. The van der Waals surface area contributed by atoms with Crippen molar-refractivity contribution in [3.8, 4) is 0 Å². The lowest BCUT2D eigenvalue weighted by Gasteiger charge is -2.31. The molecule has 1 aliphatic rings. The van der Waals surface area contributed by atoms with Crippen LogP contribution in [0.15, 0.2) is 0 Å². The number of hydrogen-bond donors (Lipinski definition) is 1. The van der Waals surface area contributed by atoms with Crippen LogP contribution in [0.2, 0.25) is 0 Å². The molecule has 1 rings (SSSR count). The largest absolute Gasteiger partial charge is 0.391 e. The van der Waals surface area contributed by atoms with Crippen LogP contribution in [0, 0.1) is 5.92 Å². The summed E-state index contributed by atoms with van der Waals surface area (Å²) in [6, 6.07) is 0.0180. The summed E-state index contributed by atoms with van der Waals surface area (Å²) in [5, 5.41) is 3.22. The Bertz CT molecular complexity index is 231. The Morgan fingerprint density at radius 3 is 2.61 bits per heavy atom. The van der Waals surface area contributed by atoms with Crippen LogP contribution in [-0.4, -0.2) is 31.5 Å². The van der Waals surface area contributed by atoms with Crippen LogP contribution < -0.4 is 5.32 Å². The number of rotatable bonds is 6. The Balaban J connectivity index is 2.15. The van der Waals surface area contributed by atoms with Crippen LogP contribution in [0.25, 0.3) is 0 Å². The molecule has 2 nitrogen and oxygen atoms in total. The average Bonchev–Trinajstić information content (AvgIpc) is 2.27. The van der Waals surface area contributed by atoms with Crippen molar-refractivity contribution in [2.24, 2.45) is 5.92 Å². The lowest BCUT2D eigenvalue weighted by molar-refractivity contribution is -0.183. The van der Waals surface area contributed by atoms with E-state index in [0.29, 0.717) is 13.0 Å². The minimum atomic E-state index is -4.03. The van der Waals surface area contributed by atoms with E-state index in [4.69, 9.17) is 4.74 Å². The van der Waals surface area contributed by atoms with E-state index in [2.05, 4.69) is 5.32 Å². The van der Waals surface area contributed by atoms with Crippen LogP contribution in [0.1, 0.15) is 46.0 Å². The molecule has 0 aromatic heterocycles. The minimum absolute atomic E-state index is 0.0180. The van der Waals surface area contributed by atoms with E-state index in [0.717, 1.165) is 19.4 Å². The highest BCUT2D eigenvalue weighted by Crippen LogP contribution is 2.37. The predicted molar refractivity (Wildman–Crippen MR) is 65.5 cm³/mol. The Kier molecular flexibility index (Phi) is 6.43. The Labute approximate surface area is 107 Å². The maximum atomic E-state index is 12.6. The molecule has 0 aromatic carbocycles. The topological polar surface area (TPSA) is 21.3 Å². The van der Waals surface area contributed by atoms with Crippen molar-refractivity contribution < 1.29 is 17.9 Å². The van der Waals surface area contributed by atoms with E-state index < -0.39 is 12.1 Å². The number of nitrogens with one attached hydrogen (secondary N) is 1. The maximum Gasteiger partial charge on any atom is 0.391 e. The monoisotopic (exact) mass is 267 g/mol. The van der Waals surface area contributed by atoms with Crippen LogP contribution >= 0.6 is 0 Å². The van der Waals surface area contributed by atoms with Crippen molar-refractivity contribution >= 4 is 0 Å². The zero-order valence-corrected chi connectivity index (χ0v) is 11.2. The van der Waals surface area contributed by atoms with E-state index in [1.165, 1.54) is 0 Å². The van der Waals surface area contributed by atoms with Gasteiger partial charge in [-0.05, 0) is 46.1 Å². The summed E-state index contributed by atoms with van der Waals surface area (Å²) in [6.45, 7) is 5.35. The molecular weight excluding hydrogens is 243 g/mol. The van der Waals surface area contributed by atoms with E-state index >= 15 is 0 Å². The maximum absolute atomic E-state index is 12.6. The zero-order chi connectivity index (χ0) is 13.6. The second-order valence-electron chi connectivity index (χ2n) is 5.33. The molecule has 1 N–H and O–H groups in total. The molecule has 0 amide bonds. The van der Waals surface area contributed by atoms with Gasteiger partial charge in [0, 0.05) is 12.6 Å². The van der Waals surface area contributed by atoms with E-state index in [1.54, 1.807) is 0 Å². The van der Waals surface area contributed by atoms with E-state index in [9.17, 15) is 13.2 Å². The van der Waals surface area contributed by atoms with Gasteiger partial charge in [0.05, 0.1) is 12.0 Å². The summed E-state index contributed by atoms with van der Waals surface area (Å²) >= 11 is 0. The van der Waals surface area contributed by atoms with Crippen molar-refractivity contribution in [1.29, 1.82) is 0 Å². The summed E-state index contributed by atoms with van der Waals surface area (Å²) in [6.07, 6.45) is -0.907. The standard InChI is InChI=1S/C13H24F3NO/c1-10(2)18-8-4-7-17-12-6-3-5-11(9-12)13(14,15)16/h10-12,17H,3-9H2,1-2H3. The van der Waals surface area contributed by atoms with Gasteiger partial charge in [0.1, 0.15) is 0 Å². The van der Waals surface area contributed by atoms with Crippen LogP contribution in [-0.2, 0) is 4.74 Å². The fourth-order valence-corrected chi connectivity index (χ4v) is 2.37. The van der Waals surface area contributed by atoms with E-state index in [1.807, 2.05) is 13.8 Å². The van der Waals surface area contributed by atoms with Crippen molar-refractivity contribution in [2.75, 3.05) is 13.2 Å². The van der Waals surface area contributed by atoms with Gasteiger partial charge in [-0.25, -0.2) is 0 Å². The molecule has 2 unspecified atom stereocenters. The Morgan fingerprint density at radius 1 is 1.28 bits per heavy atom. The molecule has 0 radical (unpaired) electrons. The van der Waals surface area contributed by atoms with Crippen molar-refractivity contribution in [3.63, 3.8) is 0 Å². The first-order valence-electron chi connectivity index (χ1n) is 6.81. The first-order chi connectivity index (χ1) is 8.39. The molecule has 18 heavy (non-hydrogen) atoms. The number of hydrogen-bond acceptors (Lipinski definition) is 2. The molecule has 5 heteroatoms. The van der Waals surface area contributed by atoms with Gasteiger partial charge in [-0.3, -0.25) is 0 Å². The van der Waals surface area contributed by atoms with Crippen molar-refractivity contribution in [3.05, 3.63) is 0 Å². The molecule has 1 aliphatic carbocycles. The lowest BCUT2D eigenvalue weighted by atomic mass is 9.85. The summed E-state index contributed by atoms with van der Waals surface area (Å²) < 4.78 is 43.2. The van der Waals surface area contributed by atoms with Crippen molar-refractivity contribution in [2.45, 2.75) is 64.3 Å². The summed E-state index contributed by atoms with van der Waals surface area (Å²) in [5.74, 6) is -1.12. The summed E-state index contributed by atoms with van der Waals surface area (Å²) in [4.78, 5) is 0. The SMILES string of the molecule is CC(C)OCCCNC1CCCC(C(F)(F)F)C1.